The molecule has 63 heavy (non-hydrogen) atoms. The summed E-state index contributed by atoms with van der Waals surface area (Å²) in [5.41, 5.74) is 14.5. The van der Waals surface area contributed by atoms with Crippen molar-refractivity contribution in [2.75, 3.05) is 14.7 Å². The van der Waals surface area contributed by atoms with Gasteiger partial charge in [0.2, 0.25) is 6.71 Å². The van der Waals surface area contributed by atoms with Gasteiger partial charge in [0.15, 0.2) is 8.07 Å². The molecule has 0 saturated heterocycles. The molecule has 10 aromatic carbocycles. The zero-order chi connectivity index (χ0) is 41.5. The van der Waals surface area contributed by atoms with Crippen LogP contribution in [0.5, 0.6) is 0 Å². The summed E-state index contributed by atoms with van der Waals surface area (Å²) in [5, 5.41) is 8.05. The standard InChI is InChI=1S/C58H40BN3Si/c1-5-24-42(25-6-1)60-50-35-17-15-33-47(50)59-48-34-16-20-39-54(48)63(44-28-9-3-10-29-44,45-30-11-4-12-31-45)55-40-53-57(58(60)56(55)59)61(43-26-7-2-8-27-43)51-36-18-19-37-52(51)62(53)49-38-21-23-41-22-13-14-32-46(41)49/h1-40H. The third-order valence-corrected chi connectivity index (χ3v) is 18.5. The molecule has 0 N–H and O–H groups in total. The number of hydrogen-bond acceptors (Lipinski definition) is 3. The number of para-hydroxylation sites is 5. The van der Waals surface area contributed by atoms with E-state index in [-0.39, 0.29) is 6.71 Å². The summed E-state index contributed by atoms with van der Waals surface area (Å²) >= 11 is 0. The van der Waals surface area contributed by atoms with E-state index in [9.17, 15) is 0 Å². The first-order valence-electron chi connectivity index (χ1n) is 21.9. The smallest absolute Gasteiger partial charge is 0.246 e. The zero-order valence-electron chi connectivity index (χ0n) is 34.5. The Morgan fingerprint density at radius 2 is 0.794 bits per heavy atom. The molecule has 0 fully saturated rings. The average molecular weight is 818 g/mol. The highest BCUT2D eigenvalue weighted by Crippen LogP contribution is 2.59. The Labute approximate surface area is 369 Å². The van der Waals surface area contributed by atoms with Crippen molar-refractivity contribution in [3.8, 4) is 0 Å². The maximum absolute atomic E-state index is 3.09. The SMILES string of the molecule is c1ccc(N2c3ccccc3N(c3cccc4ccccc34)c3cc4c5c(c32)N(c2ccccc2)c2ccccc2B5c2ccccc2[Si]4(c2ccccc2)c2ccccc2)cc1. The third-order valence-electron chi connectivity index (χ3n) is 13.7. The van der Waals surface area contributed by atoms with Crippen molar-refractivity contribution < 1.29 is 0 Å². The van der Waals surface area contributed by atoms with Crippen LogP contribution in [-0.4, -0.2) is 14.8 Å². The summed E-state index contributed by atoms with van der Waals surface area (Å²) in [6.07, 6.45) is 0. The zero-order valence-corrected chi connectivity index (χ0v) is 35.5. The topological polar surface area (TPSA) is 9.72 Å². The molecule has 0 aromatic heterocycles. The van der Waals surface area contributed by atoms with E-state index in [1.807, 2.05) is 0 Å². The fraction of sp³-hybridized carbons (Fsp3) is 0. The second-order valence-electron chi connectivity index (χ2n) is 16.8. The Kier molecular flexibility index (Phi) is 8.02. The maximum Gasteiger partial charge on any atom is 0.246 e. The Morgan fingerprint density at radius 1 is 0.317 bits per heavy atom. The number of rotatable bonds is 5. The first kappa shape index (κ1) is 35.9. The highest BCUT2D eigenvalue weighted by molar-refractivity contribution is 7.26. The van der Waals surface area contributed by atoms with Crippen LogP contribution in [0.3, 0.4) is 0 Å². The van der Waals surface area contributed by atoms with Crippen molar-refractivity contribution in [2.24, 2.45) is 0 Å². The van der Waals surface area contributed by atoms with Crippen molar-refractivity contribution in [1.82, 2.24) is 0 Å². The van der Waals surface area contributed by atoms with Gasteiger partial charge in [-0.15, -0.1) is 0 Å². The van der Waals surface area contributed by atoms with E-state index in [4.69, 9.17) is 0 Å². The van der Waals surface area contributed by atoms with Gasteiger partial charge in [0.05, 0.1) is 34.1 Å². The number of nitrogens with zero attached hydrogens (tertiary/aromatic N) is 3. The molecule has 0 bridgehead atoms. The van der Waals surface area contributed by atoms with Gasteiger partial charge in [-0.25, -0.2) is 0 Å². The van der Waals surface area contributed by atoms with Crippen LogP contribution in [0.1, 0.15) is 0 Å². The van der Waals surface area contributed by atoms with E-state index in [1.165, 1.54) is 65.0 Å². The minimum absolute atomic E-state index is 0.0125. The maximum atomic E-state index is 2.65. The van der Waals surface area contributed by atoms with Gasteiger partial charge in [0, 0.05) is 22.4 Å². The van der Waals surface area contributed by atoms with E-state index in [1.54, 1.807) is 0 Å². The molecule has 0 radical (unpaired) electrons. The fourth-order valence-electron chi connectivity index (χ4n) is 11.3. The Morgan fingerprint density at radius 3 is 1.46 bits per heavy atom. The van der Waals surface area contributed by atoms with Crippen molar-refractivity contribution in [1.29, 1.82) is 0 Å². The molecule has 0 spiro atoms. The molecule has 5 heteroatoms. The average Bonchev–Trinajstić information content (AvgIpc) is 3.36. The van der Waals surface area contributed by atoms with Gasteiger partial charge in [-0.05, 0) is 91.7 Å². The van der Waals surface area contributed by atoms with Gasteiger partial charge in [-0.3, -0.25) is 0 Å². The summed E-state index contributed by atoms with van der Waals surface area (Å²) in [7, 11) is -3.09. The van der Waals surface area contributed by atoms with Crippen LogP contribution in [0.4, 0.5) is 51.2 Å². The van der Waals surface area contributed by atoms with Crippen LogP contribution in [0, 0.1) is 0 Å². The minimum atomic E-state index is -3.09. The molecule has 0 atom stereocenters. The first-order valence-corrected chi connectivity index (χ1v) is 23.9. The fourth-order valence-corrected chi connectivity index (χ4v) is 16.5. The number of benzene rings is 10. The van der Waals surface area contributed by atoms with Crippen LogP contribution >= 0.6 is 0 Å². The van der Waals surface area contributed by atoms with Crippen LogP contribution in [-0.2, 0) is 0 Å². The molecule has 10 aromatic rings. The lowest BCUT2D eigenvalue weighted by Gasteiger charge is -2.51. The largest absolute Gasteiger partial charge is 0.309 e. The monoisotopic (exact) mass is 817 g/mol. The molecule has 0 aliphatic carbocycles. The second-order valence-corrected chi connectivity index (χ2v) is 20.5. The van der Waals surface area contributed by atoms with Crippen molar-refractivity contribution in [2.45, 2.75) is 0 Å². The van der Waals surface area contributed by atoms with Gasteiger partial charge in [0.1, 0.15) is 0 Å². The molecule has 3 nitrogen and oxygen atoms in total. The number of hydrogen-bond donors (Lipinski definition) is 0. The molecular formula is C58H40BN3Si. The Bertz CT molecular complexity index is 3330. The lowest BCUT2D eigenvalue weighted by Crippen LogP contribution is -2.87. The van der Waals surface area contributed by atoms with Crippen LogP contribution in [0.25, 0.3) is 10.8 Å². The predicted molar refractivity (Wildman–Crippen MR) is 270 cm³/mol. The van der Waals surface area contributed by atoms with Gasteiger partial charge >= 0.3 is 0 Å². The second kappa shape index (κ2) is 14.1. The Balaban J connectivity index is 1.30. The van der Waals surface area contributed by atoms with E-state index in [0.717, 1.165) is 34.1 Å². The van der Waals surface area contributed by atoms with Gasteiger partial charge < -0.3 is 14.7 Å². The molecule has 3 heterocycles. The quantitative estimate of drug-likeness (QED) is 0.160. The summed E-state index contributed by atoms with van der Waals surface area (Å²) in [6, 6.07) is 90.8. The highest BCUT2D eigenvalue weighted by Gasteiger charge is 2.55. The summed E-state index contributed by atoms with van der Waals surface area (Å²) < 4.78 is 0. The van der Waals surface area contributed by atoms with E-state index in [2.05, 4.69) is 257 Å². The molecule has 0 amide bonds. The van der Waals surface area contributed by atoms with Crippen LogP contribution in [0.2, 0.25) is 0 Å². The highest BCUT2D eigenvalue weighted by atomic mass is 28.3. The molecule has 0 saturated carbocycles. The van der Waals surface area contributed by atoms with E-state index < -0.39 is 8.07 Å². The van der Waals surface area contributed by atoms with Crippen molar-refractivity contribution >= 4 is 114 Å². The molecule has 13 rings (SSSR count). The molecule has 0 unspecified atom stereocenters. The van der Waals surface area contributed by atoms with Gasteiger partial charge in [-0.1, -0.05) is 194 Å². The van der Waals surface area contributed by atoms with E-state index in [0.29, 0.717) is 0 Å². The van der Waals surface area contributed by atoms with Crippen LogP contribution < -0.4 is 51.8 Å². The predicted octanol–water partition coefficient (Wildman–Crippen LogP) is 10.1. The molecular weight excluding hydrogens is 778 g/mol. The summed E-state index contributed by atoms with van der Waals surface area (Å²) in [5.74, 6) is 0. The minimum Gasteiger partial charge on any atom is -0.309 e. The lowest BCUT2D eigenvalue weighted by molar-refractivity contribution is 1.16. The Hall–Kier alpha value is -7.86. The lowest BCUT2D eigenvalue weighted by atomic mass is 9.34. The van der Waals surface area contributed by atoms with E-state index >= 15 is 0 Å². The van der Waals surface area contributed by atoms with Gasteiger partial charge in [-0.2, -0.15) is 0 Å². The summed E-state index contributed by atoms with van der Waals surface area (Å²) in [6.45, 7) is -0.0125. The summed E-state index contributed by atoms with van der Waals surface area (Å²) in [4.78, 5) is 7.73. The molecule has 3 aliphatic heterocycles. The number of anilines is 9. The number of fused-ring (bicyclic) bond motifs is 8. The van der Waals surface area contributed by atoms with Crippen LogP contribution in [0.15, 0.2) is 243 Å². The molecule has 3 aliphatic rings. The molecule has 294 valence electrons. The first-order chi connectivity index (χ1) is 31.3. The van der Waals surface area contributed by atoms with Crippen molar-refractivity contribution in [3.05, 3.63) is 243 Å². The van der Waals surface area contributed by atoms with Gasteiger partial charge in [0.25, 0.3) is 0 Å². The third kappa shape index (κ3) is 5.08. The van der Waals surface area contributed by atoms with Crippen molar-refractivity contribution in [3.63, 3.8) is 0 Å². The normalized spacial score (nSPS) is 14.0.